The molecule has 5 nitrogen and oxygen atoms in total. The van der Waals surface area contributed by atoms with Crippen molar-refractivity contribution in [1.82, 2.24) is 15.6 Å². The Labute approximate surface area is 161 Å². The van der Waals surface area contributed by atoms with Crippen LogP contribution < -0.4 is 10.6 Å². The molecule has 2 aliphatic rings. The second kappa shape index (κ2) is 7.47. The molecule has 0 spiro atoms. The van der Waals surface area contributed by atoms with Crippen molar-refractivity contribution in [3.8, 4) is 0 Å². The molecular formula is C22H31N3O2. The average molecular weight is 370 g/mol. The van der Waals surface area contributed by atoms with E-state index in [1.807, 2.05) is 18.3 Å². The average Bonchev–Trinajstić information content (AvgIpc) is 2.70. The van der Waals surface area contributed by atoms with Gasteiger partial charge in [0.25, 0.3) is 0 Å². The number of hydrogen-bond donors (Lipinski definition) is 3. The van der Waals surface area contributed by atoms with E-state index in [4.69, 9.17) is 9.72 Å². The molecule has 1 aromatic carbocycles. The Balaban J connectivity index is 1.72. The Morgan fingerprint density at radius 1 is 1.26 bits per heavy atom. The van der Waals surface area contributed by atoms with Crippen molar-refractivity contribution in [3.05, 3.63) is 41.6 Å². The van der Waals surface area contributed by atoms with E-state index < -0.39 is 5.60 Å². The monoisotopic (exact) mass is 369 g/mol. The van der Waals surface area contributed by atoms with Crippen molar-refractivity contribution in [2.45, 2.75) is 37.7 Å². The van der Waals surface area contributed by atoms with Crippen LogP contribution in [0.5, 0.6) is 0 Å². The summed E-state index contributed by atoms with van der Waals surface area (Å²) >= 11 is 0. The molecule has 0 aliphatic carbocycles. The lowest BCUT2D eigenvalue weighted by molar-refractivity contribution is -0.131. The Morgan fingerprint density at radius 2 is 2.15 bits per heavy atom. The van der Waals surface area contributed by atoms with Crippen LogP contribution >= 0.6 is 0 Å². The van der Waals surface area contributed by atoms with E-state index in [0.29, 0.717) is 18.9 Å². The zero-order valence-electron chi connectivity index (χ0n) is 16.4. The third kappa shape index (κ3) is 3.38. The maximum absolute atomic E-state index is 11.7. The zero-order valence-corrected chi connectivity index (χ0v) is 16.4. The number of benzene rings is 1. The molecule has 0 bridgehead atoms. The Kier molecular flexibility index (Phi) is 5.21. The molecule has 3 N–H and O–H groups in total. The van der Waals surface area contributed by atoms with Gasteiger partial charge in [0.2, 0.25) is 0 Å². The number of pyridine rings is 1. The van der Waals surface area contributed by atoms with Gasteiger partial charge in [-0.25, -0.2) is 0 Å². The largest absolute Gasteiger partial charge is 0.384 e. The van der Waals surface area contributed by atoms with Crippen LogP contribution in [0.4, 0.5) is 0 Å². The van der Waals surface area contributed by atoms with E-state index in [1.54, 1.807) is 7.11 Å². The number of aliphatic hydroxyl groups is 1. The minimum absolute atomic E-state index is 0.369. The molecule has 2 saturated heterocycles. The number of nitrogens with one attached hydrogen (secondary N) is 2. The fourth-order valence-corrected chi connectivity index (χ4v) is 4.83. The fraction of sp³-hybridized carbons (Fsp3) is 0.591. The molecule has 0 radical (unpaired) electrons. The van der Waals surface area contributed by atoms with E-state index in [2.05, 4.69) is 29.7 Å². The molecule has 1 aromatic heterocycles. The quantitative estimate of drug-likeness (QED) is 0.773. The van der Waals surface area contributed by atoms with Gasteiger partial charge in [-0.15, -0.1) is 0 Å². The van der Waals surface area contributed by atoms with Crippen molar-refractivity contribution in [1.29, 1.82) is 0 Å². The summed E-state index contributed by atoms with van der Waals surface area (Å²) in [5, 5.41) is 19.7. The highest BCUT2D eigenvalue weighted by atomic mass is 16.5. The number of rotatable bonds is 4. The number of ether oxygens (including phenoxy) is 1. The number of hydrogen-bond acceptors (Lipinski definition) is 5. The summed E-state index contributed by atoms with van der Waals surface area (Å²) < 4.78 is 5.47. The van der Waals surface area contributed by atoms with Gasteiger partial charge in [0.15, 0.2) is 0 Å². The first-order valence-corrected chi connectivity index (χ1v) is 10.1. The summed E-state index contributed by atoms with van der Waals surface area (Å²) in [5.41, 5.74) is 1.97. The summed E-state index contributed by atoms with van der Waals surface area (Å²) in [6, 6.07) is 8.49. The van der Waals surface area contributed by atoms with Gasteiger partial charge >= 0.3 is 0 Å². The predicted octanol–water partition coefficient (Wildman–Crippen LogP) is 2.54. The predicted molar refractivity (Wildman–Crippen MR) is 108 cm³/mol. The van der Waals surface area contributed by atoms with Gasteiger partial charge in [0.1, 0.15) is 0 Å². The topological polar surface area (TPSA) is 66.4 Å². The van der Waals surface area contributed by atoms with Crippen LogP contribution in [-0.2, 0) is 10.3 Å². The standard InChI is InChI=1S/C22H31N3O2/c1-21(15-27-2)14-24-9-7-22(21,26)19-5-6-20-17(11-19)10-18(13-25-20)16-4-3-8-23-12-16/h5-6,10-11,13,16,23-24,26H,3-4,7-9,12,14-15H2,1-2H3. The first-order chi connectivity index (χ1) is 13.1. The highest BCUT2D eigenvalue weighted by Crippen LogP contribution is 2.45. The van der Waals surface area contributed by atoms with Crippen LogP contribution in [0.1, 0.15) is 43.2 Å². The molecule has 5 heteroatoms. The van der Waals surface area contributed by atoms with Crippen LogP contribution in [0.15, 0.2) is 30.5 Å². The SMILES string of the molecule is COCC1(C)CNCCC1(O)c1ccc2ncc(C3CCCNC3)cc2c1. The van der Waals surface area contributed by atoms with E-state index >= 15 is 0 Å². The van der Waals surface area contributed by atoms with E-state index in [-0.39, 0.29) is 5.41 Å². The fourth-order valence-electron chi connectivity index (χ4n) is 4.83. The normalized spacial score (nSPS) is 31.9. The lowest BCUT2D eigenvalue weighted by Crippen LogP contribution is -2.57. The van der Waals surface area contributed by atoms with Gasteiger partial charge in [0, 0.05) is 37.2 Å². The molecule has 146 valence electrons. The number of fused-ring (bicyclic) bond motifs is 1. The molecule has 0 saturated carbocycles. The lowest BCUT2D eigenvalue weighted by atomic mass is 9.66. The molecule has 2 aliphatic heterocycles. The van der Waals surface area contributed by atoms with E-state index in [9.17, 15) is 5.11 Å². The van der Waals surface area contributed by atoms with Crippen LogP contribution in [0, 0.1) is 5.41 Å². The number of piperidine rings is 2. The molecule has 4 rings (SSSR count). The maximum Gasteiger partial charge on any atom is 0.0996 e. The first kappa shape index (κ1) is 18.8. The number of nitrogens with zero attached hydrogens (tertiary/aromatic N) is 1. The Bertz CT molecular complexity index is 801. The van der Waals surface area contributed by atoms with Gasteiger partial charge in [-0.05, 0) is 67.6 Å². The summed E-state index contributed by atoms with van der Waals surface area (Å²) in [5.74, 6) is 0.528. The number of aromatic nitrogens is 1. The molecule has 27 heavy (non-hydrogen) atoms. The summed E-state index contributed by atoms with van der Waals surface area (Å²) in [6.45, 7) is 6.30. The van der Waals surface area contributed by atoms with Crippen molar-refractivity contribution in [3.63, 3.8) is 0 Å². The minimum Gasteiger partial charge on any atom is -0.384 e. The van der Waals surface area contributed by atoms with Crippen LogP contribution in [0.2, 0.25) is 0 Å². The van der Waals surface area contributed by atoms with Gasteiger partial charge in [0.05, 0.1) is 17.7 Å². The molecule has 3 unspecified atom stereocenters. The first-order valence-electron chi connectivity index (χ1n) is 10.1. The van der Waals surface area contributed by atoms with E-state index in [0.717, 1.165) is 42.6 Å². The van der Waals surface area contributed by atoms with Gasteiger partial charge in [-0.3, -0.25) is 4.98 Å². The van der Waals surface area contributed by atoms with E-state index in [1.165, 1.54) is 18.4 Å². The van der Waals surface area contributed by atoms with Crippen LogP contribution in [0.25, 0.3) is 10.9 Å². The molecule has 2 aromatic rings. The molecule has 0 amide bonds. The minimum atomic E-state index is -0.912. The highest BCUT2D eigenvalue weighted by Gasteiger charge is 2.49. The smallest absolute Gasteiger partial charge is 0.0996 e. The molecule has 3 atom stereocenters. The maximum atomic E-state index is 11.7. The van der Waals surface area contributed by atoms with Crippen LogP contribution in [-0.4, -0.2) is 50.0 Å². The van der Waals surface area contributed by atoms with Gasteiger partial charge < -0.3 is 20.5 Å². The van der Waals surface area contributed by atoms with Crippen LogP contribution in [0.3, 0.4) is 0 Å². The van der Waals surface area contributed by atoms with Gasteiger partial charge in [-0.1, -0.05) is 13.0 Å². The molecule has 2 fully saturated rings. The summed E-state index contributed by atoms with van der Waals surface area (Å²) in [7, 11) is 1.70. The third-order valence-electron chi connectivity index (χ3n) is 6.59. The summed E-state index contributed by atoms with van der Waals surface area (Å²) in [6.07, 6.45) is 5.12. The van der Waals surface area contributed by atoms with Crippen molar-refractivity contribution < 1.29 is 9.84 Å². The van der Waals surface area contributed by atoms with Gasteiger partial charge in [-0.2, -0.15) is 0 Å². The molecule has 3 heterocycles. The third-order valence-corrected chi connectivity index (χ3v) is 6.59. The Hall–Kier alpha value is -1.53. The number of methoxy groups -OCH3 is 1. The molecular weight excluding hydrogens is 338 g/mol. The van der Waals surface area contributed by atoms with Crippen molar-refractivity contribution >= 4 is 10.9 Å². The zero-order chi connectivity index (χ0) is 18.9. The second-order valence-corrected chi connectivity index (χ2v) is 8.50. The van der Waals surface area contributed by atoms with Crippen molar-refractivity contribution in [2.75, 3.05) is 39.9 Å². The Morgan fingerprint density at radius 3 is 2.93 bits per heavy atom. The lowest BCUT2D eigenvalue weighted by Gasteiger charge is -2.48. The second-order valence-electron chi connectivity index (χ2n) is 8.50. The summed E-state index contributed by atoms with van der Waals surface area (Å²) in [4.78, 5) is 4.69. The van der Waals surface area contributed by atoms with Crippen molar-refractivity contribution in [2.24, 2.45) is 5.41 Å². The highest BCUT2D eigenvalue weighted by molar-refractivity contribution is 5.80.